The number of rotatable bonds is 7. The van der Waals surface area contributed by atoms with E-state index in [0.717, 1.165) is 36.5 Å². The topological polar surface area (TPSA) is 47.3 Å². The van der Waals surface area contributed by atoms with E-state index in [1.165, 1.54) is 0 Å². The summed E-state index contributed by atoms with van der Waals surface area (Å²) in [5.41, 5.74) is 1.81. The van der Waals surface area contributed by atoms with E-state index in [9.17, 15) is 0 Å². The van der Waals surface area contributed by atoms with Gasteiger partial charge in [-0.3, -0.25) is 0 Å². The Balaban J connectivity index is 2.04. The van der Waals surface area contributed by atoms with Crippen molar-refractivity contribution in [1.29, 1.82) is 0 Å². The molecule has 0 bridgehead atoms. The number of aryl methyl sites for hydroxylation is 1. The van der Waals surface area contributed by atoms with Crippen molar-refractivity contribution in [1.82, 2.24) is 10.5 Å². The van der Waals surface area contributed by atoms with Crippen LogP contribution >= 0.6 is 11.6 Å². The van der Waals surface area contributed by atoms with Crippen LogP contribution in [0.4, 0.5) is 0 Å². The van der Waals surface area contributed by atoms with E-state index in [1.807, 2.05) is 31.2 Å². The summed E-state index contributed by atoms with van der Waals surface area (Å²) in [5, 5.41) is 7.87. The van der Waals surface area contributed by atoms with Crippen molar-refractivity contribution in [3.8, 4) is 5.75 Å². The minimum absolute atomic E-state index is 0.349. The molecule has 108 valence electrons. The highest BCUT2D eigenvalue weighted by Crippen LogP contribution is 2.29. The van der Waals surface area contributed by atoms with E-state index < -0.39 is 0 Å². The zero-order valence-corrected chi connectivity index (χ0v) is 12.5. The zero-order chi connectivity index (χ0) is 14.4. The molecule has 0 unspecified atom stereocenters. The molecule has 0 aliphatic heterocycles. The molecule has 5 heteroatoms. The fourth-order valence-corrected chi connectivity index (χ4v) is 2.13. The Labute approximate surface area is 124 Å². The first-order chi connectivity index (χ1) is 9.70. The number of benzene rings is 1. The zero-order valence-electron chi connectivity index (χ0n) is 11.8. The van der Waals surface area contributed by atoms with Gasteiger partial charge >= 0.3 is 0 Å². The number of halogens is 1. The Morgan fingerprint density at radius 3 is 2.95 bits per heavy atom. The number of para-hydroxylation sites is 1. The molecule has 0 saturated carbocycles. The van der Waals surface area contributed by atoms with Gasteiger partial charge in [0, 0.05) is 18.2 Å². The van der Waals surface area contributed by atoms with Gasteiger partial charge in [-0.15, -0.1) is 0 Å². The van der Waals surface area contributed by atoms with Gasteiger partial charge in [0.05, 0.1) is 5.02 Å². The van der Waals surface area contributed by atoms with E-state index in [2.05, 4.69) is 17.4 Å². The fourth-order valence-electron chi connectivity index (χ4n) is 1.89. The number of hydrogen-bond donors (Lipinski definition) is 1. The summed E-state index contributed by atoms with van der Waals surface area (Å²) in [5.74, 6) is 1.48. The second kappa shape index (κ2) is 7.31. The van der Waals surface area contributed by atoms with E-state index >= 15 is 0 Å². The molecular formula is C15H19ClN2O2. The van der Waals surface area contributed by atoms with Crippen molar-refractivity contribution >= 4 is 11.6 Å². The monoisotopic (exact) mass is 294 g/mol. The van der Waals surface area contributed by atoms with Crippen LogP contribution in [0.15, 0.2) is 28.8 Å². The van der Waals surface area contributed by atoms with Gasteiger partial charge in [0.2, 0.25) is 0 Å². The summed E-state index contributed by atoms with van der Waals surface area (Å²) in [6.45, 7) is 6.04. The fraction of sp³-hybridized carbons (Fsp3) is 0.400. The summed E-state index contributed by atoms with van der Waals surface area (Å²) >= 11 is 6.22. The Morgan fingerprint density at radius 2 is 2.25 bits per heavy atom. The maximum atomic E-state index is 6.22. The lowest BCUT2D eigenvalue weighted by atomic mass is 10.2. The molecule has 0 amide bonds. The van der Waals surface area contributed by atoms with Gasteiger partial charge in [0.1, 0.15) is 23.8 Å². The Hall–Kier alpha value is -1.52. The van der Waals surface area contributed by atoms with Crippen LogP contribution in [0.1, 0.15) is 30.4 Å². The maximum absolute atomic E-state index is 6.22. The largest absolute Gasteiger partial charge is 0.485 e. The number of aromatic nitrogens is 1. The van der Waals surface area contributed by atoms with Gasteiger partial charge in [-0.25, -0.2) is 0 Å². The first kappa shape index (κ1) is 14.9. The molecule has 4 nitrogen and oxygen atoms in total. The summed E-state index contributed by atoms with van der Waals surface area (Å²) in [7, 11) is 0. The normalized spacial score (nSPS) is 10.8. The molecule has 1 aromatic carbocycles. The van der Waals surface area contributed by atoms with Gasteiger partial charge in [-0.2, -0.15) is 0 Å². The molecule has 1 N–H and O–H groups in total. The highest BCUT2D eigenvalue weighted by atomic mass is 35.5. The van der Waals surface area contributed by atoms with Crippen molar-refractivity contribution in [3.63, 3.8) is 0 Å². The third-order valence-corrected chi connectivity index (χ3v) is 3.13. The third-order valence-electron chi connectivity index (χ3n) is 2.83. The van der Waals surface area contributed by atoms with Crippen LogP contribution < -0.4 is 10.1 Å². The highest BCUT2D eigenvalue weighted by molar-refractivity contribution is 6.32. The minimum Gasteiger partial charge on any atom is -0.485 e. The average Bonchev–Trinajstić information content (AvgIpc) is 2.84. The molecule has 1 heterocycles. The molecule has 0 fully saturated rings. The second-order valence-corrected chi connectivity index (χ2v) is 5.03. The highest BCUT2D eigenvalue weighted by Gasteiger charge is 2.10. The summed E-state index contributed by atoms with van der Waals surface area (Å²) < 4.78 is 10.8. The standard InChI is InChI=1S/C15H19ClN2O2/c1-3-7-17-9-12-5-4-6-14(16)15(12)19-10-13-8-11(2)20-18-13/h4-6,8,17H,3,7,9-10H2,1-2H3. The molecule has 0 aliphatic carbocycles. The summed E-state index contributed by atoms with van der Waals surface area (Å²) in [4.78, 5) is 0. The molecule has 2 aromatic rings. The predicted molar refractivity (Wildman–Crippen MR) is 79.0 cm³/mol. The van der Waals surface area contributed by atoms with Crippen LogP contribution in [-0.2, 0) is 13.2 Å². The van der Waals surface area contributed by atoms with E-state index in [1.54, 1.807) is 0 Å². The lowest BCUT2D eigenvalue weighted by molar-refractivity contribution is 0.285. The molecule has 0 aliphatic rings. The van der Waals surface area contributed by atoms with Gasteiger partial charge in [0.25, 0.3) is 0 Å². The van der Waals surface area contributed by atoms with Crippen LogP contribution in [-0.4, -0.2) is 11.7 Å². The number of hydrogen-bond acceptors (Lipinski definition) is 4. The molecule has 20 heavy (non-hydrogen) atoms. The molecule has 0 spiro atoms. The van der Waals surface area contributed by atoms with Gasteiger partial charge < -0.3 is 14.6 Å². The molecule has 0 atom stereocenters. The van der Waals surface area contributed by atoms with E-state index in [-0.39, 0.29) is 0 Å². The molecule has 1 aromatic heterocycles. The third kappa shape index (κ3) is 3.99. The van der Waals surface area contributed by atoms with Crippen molar-refractivity contribution in [2.24, 2.45) is 0 Å². The van der Waals surface area contributed by atoms with Crippen molar-refractivity contribution < 1.29 is 9.26 Å². The average molecular weight is 295 g/mol. The van der Waals surface area contributed by atoms with Crippen molar-refractivity contribution in [3.05, 3.63) is 46.3 Å². The SMILES string of the molecule is CCCNCc1cccc(Cl)c1OCc1cc(C)on1. The molecule has 0 saturated heterocycles. The Bertz CT molecular complexity index is 555. The van der Waals surface area contributed by atoms with Crippen LogP contribution in [0.3, 0.4) is 0 Å². The van der Waals surface area contributed by atoms with Gasteiger partial charge in [-0.05, 0) is 26.0 Å². The first-order valence-electron chi connectivity index (χ1n) is 6.73. The van der Waals surface area contributed by atoms with Crippen LogP contribution in [0.2, 0.25) is 5.02 Å². The van der Waals surface area contributed by atoms with E-state index in [4.69, 9.17) is 20.9 Å². The number of ether oxygens (including phenoxy) is 1. The van der Waals surface area contributed by atoms with Crippen molar-refractivity contribution in [2.45, 2.75) is 33.4 Å². The lowest BCUT2D eigenvalue weighted by Crippen LogP contribution is -2.14. The molecule has 0 radical (unpaired) electrons. The Morgan fingerprint density at radius 1 is 1.40 bits per heavy atom. The lowest BCUT2D eigenvalue weighted by Gasteiger charge is -2.12. The number of nitrogens with zero attached hydrogens (tertiary/aromatic N) is 1. The quantitative estimate of drug-likeness (QED) is 0.791. The van der Waals surface area contributed by atoms with Crippen LogP contribution in [0, 0.1) is 6.92 Å². The van der Waals surface area contributed by atoms with Crippen LogP contribution in [0.25, 0.3) is 0 Å². The Kier molecular flexibility index (Phi) is 5.44. The van der Waals surface area contributed by atoms with E-state index in [0.29, 0.717) is 17.4 Å². The van der Waals surface area contributed by atoms with Gasteiger partial charge in [0.15, 0.2) is 0 Å². The minimum atomic E-state index is 0.349. The van der Waals surface area contributed by atoms with Crippen LogP contribution in [0.5, 0.6) is 5.75 Å². The van der Waals surface area contributed by atoms with Gasteiger partial charge in [-0.1, -0.05) is 35.8 Å². The summed E-state index contributed by atoms with van der Waals surface area (Å²) in [6.07, 6.45) is 1.09. The van der Waals surface area contributed by atoms with Crippen molar-refractivity contribution in [2.75, 3.05) is 6.54 Å². The second-order valence-electron chi connectivity index (χ2n) is 4.62. The predicted octanol–water partition coefficient (Wildman–Crippen LogP) is 3.72. The summed E-state index contributed by atoms with van der Waals surface area (Å²) in [6, 6.07) is 7.62. The smallest absolute Gasteiger partial charge is 0.142 e. The first-order valence-corrected chi connectivity index (χ1v) is 7.11. The maximum Gasteiger partial charge on any atom is 0.142 e. The number of nitrogens with one attached hydrogen (secondary N) is 1. The molecular weight excluding hydrogens is 276 g/mol. The molecule has 2 rings (SSSR count).